The summed E-state index contributed by atoms with van der Waals surface area (Å²) in [5, 5.41) is 9.61. The molecule has 0 aliphatic rings. The highest BCUT2D eigenvalue weighted by Crippen LogP contribution is 2.26. The maximum Gasteiger partial charge on any atom is 0.306 e. The molecular weight excluding hydrogens is 280 g/mol. The first-order valence-corrected chi connectivity index (χ1v) is 7.84. The highest BCUT2D eigenvalue weighted by atomic mass is 16.5. The van der Waals surface area contributed by atoms with Gasteiger partial charge in [0.1, 0.15) is 6.61 Å². The van der Waals surface area contributed by atoms with E-state index in [0.29, 0.717) is 12.0 Å². The third kappa shape index (κ3) is 7.34. The van der Waals surface area contributed by atoms with Crippen LogP contribution in [0.15, 0.2) is 18.2 Å². The van der Waals surface area contributed by atoms with Crippen LogP contribution >= 0.6 is 0 Å². The fourth-order valence-corrected chi connectivity index (χ4v) is 2.14. The van der Waals surface area contributed by atoms with Crippen LogP contribution < -0.4 is 4.74 Å². The molecular formula is C18H28O4. The molecule has 124 valence electrons. The van der Waals surface area contributed by atoms with Crippen molar-refractivity contribution in [1.29, 1.82) is 0 Å². The van der Waals surface area contributed by atoms with Crippen LogP contribution in [0.3, 0.4) is 0 Å². The second-order valence-electron chi connectivity index (χ2n) is 5.91. The summed E-state index contributed by atoms with van der Waals surface area (Å²) in [5.74, 6) is 0.0102. The van der Waals surface area contributed by atoms with E-state index in [0.717, 1.165) is 25.2 Å². The summed E-state index contributed by atoms with van der Waals surface area (Å²) in [6.45, 7) is 4.42. The van der Waals surface area contributed by atoms with Gasteiger partial charge in [0.2, 0.25) is 0 Å². The number of hydrogen-bond acceptors (Lipinski definition) is 4. The van der Waals surface area contributed by atoms with Gasteiger partial charge in [0, 0.05) is 6.42 Å². The highest BCUT2D eigenvalue weighted by molar-refractivity contribution is 5.69. The van der Waals surface area contributed by atoms with Crippen molar-refractivity contribution in [3.8, 4) is 11.5 Å². The lowest BCUT2D eigenvalue weighted by Crippen LogP contribution is -2.04. The van der Waals surface area contributed by atoms with Gasteiger partial charge in [-0.05, 0) is 30.0 Å². The van der Waals surface area contributed by atoms with Gasteiger partial charge in [-0.25, -0.2) is 0 Å². The number of rotatable bonds is 10. The number of benzene rings is 1. The van der Waals surface area contributed by atoms with Crippen molar-refractivity contribution in [2.75, 3.05) is 7.04 Å². The van der Waals surface area contributed by atoms with Crippen LogP contribution in [0.5, 0.6) is 11.5 Å². The van der Waals surface area contributed by atoms with Crippen LogP contribution in [0.2, 0.25) is 0 Å². The highest BCUT2D eigenvalue weighted by Gasteiger charge is 2.06. The van der Waals surface area contributed by atoms with E-state index in [1.165, 1.54) is 25.0 Å². The molecule has 0 aromatic heterocycles. The zero-order valence-corrected chi connectivity index (χ0v) is 13.4. The molecule has 0 amide bonds. The van der Waals surface area contributed by atoms with Crippen molar-refractivity contribution >= 4 is 5.97 Å². The molecule has 4 nitrogen and oxygen atoms in total. The van der Waals surface area contributed by atoms with Crippen molar-refractivity contribution < 1.29 is 23.5 Å². The number of unbranched alkanes of at least 4 members (excludes halogenated alkanes) is 3. The number of esters is 1. The van der Waals surface area contributed by atoms with Gasteiger partial charge in [-0.2, -0.15) is 0 Å². The Hall–Kier alpha value is -1.71. The zero-order chi connectivity index (χ0) is 18.9. The predicted octanol–water partition coefficient (Wildman–Crippen LogP) is 4.44. The van der Waals surface area contributed by atoms with E-state index >= 15 is 0 Å². The molecule has 0 saturated carbocycles. The van der Waals surface area contributed by atoms with E-state index in [1.54, 1.807) is 6.07 Å². The Bertz CT molecular complexity index is 542. The smallest absolute Gasteiger partial charge is 0.306 e. The number of phenolic OH excluding ortho intramolecular Hbond substituents is 1. The largest absolute Gasteiger partial charge is 0.504 e. The maximum absolute atomic E-state index is 11.7. The molecule has 4 heteroatoms. The second-order valence-corrected chi connectivity index (χ2v) is 5.91. The Morgan fingerprint density at radius 2 is 2.05 bits per heavy atom. The Morgan fingerprint density at radius 3 is 2.77 bits per heavy atom. The summed E-state index contributed by atoms with van der Waals surface area (Å²) in [6.07, 6.45) is 5.72. The third-order valence-electron chi connectivity index (χ3n) is 3.45. The summed E-state index contributed by atoms with van der Waals surface area (Å²) in [6, 6.07) is 4.24. The minimum absolute atomic E-state index is 0.0177. The summed E-state index contributed by atoms with van der Waals surface area (Å²) in [5.41, 5.74) is 0.558. The molecule has 0 radical (unpaired) electrons. The Kier molecular flexibility index (Phi) is 6.38. The Balaban J connectivity index is 2.32. The number of hydrogen-bond donors (Lipinski definition) is 1. The van der Waals surface area contributed by atoms with Gasteiger partial charge in [-0.1, -0.05) is 45.6 Å². The zero-order valence-electron chi connectivity index (χ0n) is 16.4. The van der Waals surface area contributed by atoms with Gasteiger partial charge in [0.15, 0.2) is 11.5 Å². The topological polar surface area (TPSA) is 55.8 Å². The van der Waals surface area contributed by atoms with Gasteiger partial charge in [-0.15, -0.1) is 0 Å². The first kappa shape index (κ1) is 13.9. The van der Waals surface area contributed by atoms with Gasteiger partial charge in [-0.3, -0.25) is 4.79 Å². The fourth-order valence-electron chi connectivity index (χ4n) is 2.14. The predicted molar refractivity (Wildman–Crippen MR) is 87.0 cm³/mol. The molecule has 1 N–H and O–H groups in total. The first-order chi connectivity index (χ1) is 11.7. The number of phenols is 1. The monoisotopic (exact) mass is 311 g/mol. The summed E-state index contributed by atoms with van der Waals surface area (Å²) >= 11 is 0. The van der Waals surface area contributed by atoms with Gasteiger partial charge >= 0.3 is 5.97 Å². The van der Waals surface area contributed by atoms with E-state index in [2.05, 4.69) is 13.8 Å². The molecule has 22 heavy (non-hydrogen) atoms. The van der Waals surface area contributed by atoms with Crippen molar-refractivity contribution in [1.82, 2.24) is 0 Å². The minimum atomic E-state index is -2.65. The lowest BCUT2D eigenvalue weighted by atomic mass is 10.0. The quantitative estimate of drug-likeness (QED) is 0.512. The molecule has 0 aliphatic carbocycles. The summed E-state index contributed by atoms with van der Waals surface area (Å²) in [7, 11) is -2.65. The van der Waals surface area contributed by atoms with Crippen molar-refractivity contribution in [2.24, 2.45) is 5.92 Å². The number of methoxy groups -OCH3 is 1. The van der Waals surface area contributed by atoms with Gasteiger partial charge in [0.05, 0.1) is 11.2 Å². The fraction of sp³-hybridized carbons (Fsp3) is 0.611. The van der Waals surface area contributed by atoms with E-state index in [4.69, 9.17) is 13.6 Å². The van der Waals surface area contributed by atoms with Crippen molar-refractivity contribution in [3.05, 3.63) is 23.8 Å². The normalized spacial score (nSPS) is 13.3. The molecule has 0 spiro atoms. The summed E-state index contributed by atoms with van der Waals surface area (Å²) in [4.78, 5) is 11.7. The molecule has 0 atom stereocenters. The number of aromatic hydroxyl groups is 1. The van der Waals surface area contributed by atoms with Crippen LogP contribution in [0.4, 0.5) is 0 Å². The van der Waals surface area contributed by atoms with Crippen molar-refractivity contribution in [2.45, 2.75) is 59.0 Å². The SMILES string of the molecule is [2H]C([2H])([2H])Oc1cc(COC(=O)CCCCCCC(C)C)ccc1O. The molecule has 0 saturated heterocycles. The lowest BCUT2D eigenvalue weighted by Gasteiger charge is -2.08. The van der Waals surface area contributed by atoms with Crippen LogP contribution in [0, 0.1) is 5.92 Å². The average Bonchev–Trinajstić information content (AvgIpc) is 2.50. The summed E-state index contributed by atoms with van der Waals surface area (Å²) < 4.78 is 31.1. The lowest BCUT2D eigenvalue weighted by molar-refractivity contribution is -0.145. The van der Waals surface area contributed by atoms with Crippen LogP contribution in [-0.2, 0) is 16.1 Å². The molecule has 1 aromatic carbocycles. The number of ether oxygens (including phenoxy) is 2. The van der Waals surface area contributed by atoms with Crippen molar-refractivity contribution in [3.63, 3.8) is 0 Å². The minimum Gasteiger partial charge on any atom is -0.504 e. The Morgan fingerprint density at radius 1 is 1.27 bits per heavy atom. The average molecular weight is 311 g/mol. The third-order valence-corrected chi connectivity index (χ3v) is 3.45. The molecule has 0 heterocycles. The first-order valence-electron chi connectivity index (χ1n) is 9.34. The number of carbonyl (C=O) groups excluding carboxylic acids is 1. The van der Waals surface area contributed by atoms with Gasteiger partial charge < -0.3 is 14.6 Å². The van der Waals surface area contributed by atoms with E-state index in [9.17, 15) is 9.90 Å². The molecule has 1 aromatic rings. The van der Waals surface area contributed by atoms with E-state index in [-0.39, 0.29) is 24.1 Å². The van der Waals surface area contributed by atoms with Crippen LogP contribution in [0.25, 0.3) is 0 Å². The van der Waals surface area contributed by atoms with Gasteiger partial charge in [0.25, 0.3) is 0 Å². The standard InChI is InChI=1S/C18H28O4/c1-14(2)8-6-4-5-7-9-18(20)22-13-15-10-11-16(19)17(12-15)21-3/h10-12,14,19H,4-9,13H2,1-3H3/i3D3. The van der Waals surface area contributed by atoms with E-state index < -0.39 is 7.04 Å². The number of carbonyl (C=O) groups is 1. The molecule has 0 unspecified atom stereocenters. The second kappa shape index (κ2) is 10.1. The van der Waals surface area contributed by atoms with Crippen LogP contribution in [0.1, 0.15) is 62.0 Å². The molecule has 0 fully saturated rings. The van der Waals surface area contributed by atoms with E-state index in [1.807, 2.05) is 0 Å². The molecule has 0 bridgehead atoms. The Labute approximate surface area is 137 Å². The molecule has 1 rings (SSSR count). The molecule has 0 aliphatic heterocycles. The van der Waals surface area contributed by atoms with Crippen LogP contribution in [-0.4, -0.2) is 18.1 Å². The maximum atomic E-state index is 11.7.